The molecular weight excluding hydrogens is 328 g/mol. The molecule has 0 bridgehead atoms. The lowest BCUT2D eigenvalue weighted by atomic mass is 9.95. The minimum atomic E-state index is -2.89. The Bertz CT molecular complexity index is 642. The average Bonchev–Trinajstić information content (AvgIpc) is 3.07. The molecule has 0 saturated carbocycles. The van der Waals surface area contributed by atoms with Crippen LogP contribution in [0.3, 0.4) is 0 Å². The van der Waals surface area contributed by atoms with E-state index in [0.717, 1.165) is 38.2 Å². The third-order valence-electron chi connectivity index (χ3n) is 5.23. The van der Waals surface area contributed by atoms with Crippen molar-refractivity contribution in [3.63, 3.8) is 0 Å². The van der Waals surface area contributed by atoms with E-state index < -0.39 is 9.84 Å². The highest BCUT2D eigenvalue weighted by atomic mass is 32.2. The number of amides is 1. The summed E-state index contributed by atoms with van der Waals surface area (Å²) < 4.78 is 28.5. The van der Waals surface area contributed by atoms with Gasteiger partial charge in [-0.25, -0.2) is 8.42 Å². The Hall–Kier alpha value is -1.34. The van der Waals surface area contributed by atoms with Crippen LogP contribution in [0.5, 0.6) is 0 Å². The van der Waals surface area contributed by atoms with Crippen molar-refractivity contribution in [1.82, 2.24) is 9.80 Å². The molecule has 0 N–H and O–H groups in total. The monoisotopic (exact) mass is 354 g/mol. The lowest BCUT2D eigenvalue weighted by Gasteiger charge is -2.37. The number of likely N-dealkylation sites (tertiary alicyclic amines) is 1. The van der Waals surface area contributed by atoms with Crippen molar-refractivity contribution in [2.24, 2.45) is 5.92 Å². The van der Waals surface area contributed by atoms with Crippen LogP contribution in [0.4, 0.5) is 0 Å². The second-order valence-electron chi connectivity index (χ2n) is 6.99. The van der Waals surface area contributed by atoms with Crippen molar-refractivity contribution < 1.29 is 17.6 Å². The molecular formula is C17H26N2O4S. The zero-order chi connectivity index (χ0) is 17.2. The van der Waals surface area contributed by atoms with Gasteiger partial charge >= 0.3 is 0 Å². The number of rotatable bonds is 4. The Kier molecular flexibility index (Phi) is 5.30. The van der Waals surface area contributed by atoms with Crippen LogP contribution in [0.2, 0.25) is 0 Å². The van der Waals surface area contributed by atoms with Gasteiger partial charge in [0.2, 0.25) is 5.91 Å². The molecule has 24 heavy (non-hydrogen) atoms. The molecule has 0 spiro atoms. The molecule has 1 atom stereocenters. The molecule has 0 radical (unpaired) electrons. The maximum absolute atomic E-state index is 12.8. The molecule has 2 saturated heterocycles. The smallest absolute Gasteiger partial charge is 0.226 e. The molecule has 2 aliphatic rings. The minimum Gasteiger partial charge on any atom is -0.468 e. The van der Waals surface area contributed by atoms with E-state index in [2.05, 4.69) is 4.90 Å². The quantitative estimate of drug-likeness (QED) is 0.820. The van der Waals surface area contributed by atoms with E-state index in [-0.39, 0.29) is 29.4 Å². The molecule has 1 aromatic heterocycles. The van der Waals surface area contributed by atoms with Crippen LogP contribution in [-0.4, -0.2) is 61.8 Å². The van der Waals surface area contributed by atoms with Crippen molar-refractivity contribution in [3.05, 3.63) is 24.2 Å². The normalized spacial score (nSPS) is 25.5. The van der Waals surface area contributed by atoms with Gasteiger partial charge in [-0.3, -0.25) is 9.69 Å². The zero-order valence-electron chi connectivity index (χ0n) is 14.2. The molecule has 2 aliphatic heterocycles. The molecule has 134 valence electrons. The van der Waals surface area contributed by atoms with Gasteiger partial charge in [0.1, 0.15) is 15.6 Å². The van der Waals surface area contributed by atoms with Crippen molar-refractivity contribution in [2.75, 3.05) is 31.6 Å². The maximum Gasteiger partial charge on any atom is 0.226 e. The minimum absolute atomic E-state index is 0.00255. The van der Waals surface area contributed by atoms with Gasteiger partial charge in [0.15, 0.2) is 0 Å². The van der Waals surface area contributed by atoms with E-state index in [0.29, 0.717) is 12.8 Å². The highest BCUT2D eigenvalue weighted by Gasteiger charge is 2.33. The van der Waals surface area contributed by atoms with E-state index in [1.54, 1.807) is 11.2 Å². The molecule has 7 heteroatoms. The number of carbonyl (C=O) groups is 1. The molecule has 0 aromatic carbocycles. The summed E-state index contributed by atoms with van der Waals surface area (Å²) in [6.45, 7) is 2.47. The fourth-order valence-electron chi connectivity index (χ4n) is 3.76. The Morgan fingerprint density at radius 1 is 1.33 bits per heavy atom. The number of hydrogen-bond acceptors (Lipinski definition) is 5. The Balaban J connectivity index is 1.55. The highest BCUT2D eigenvalue weighted by molar-refractivity contribution is 7.91. The molecule has 0 unspecified atom stereocenters. The number of sulfone groups is 1. The third-order valence-corrected chi connectivity index (χ3v) is 6.95. The van der Waals surface area contributed by atoms with E-state index in [9.17, 15) is 13.2 Å². The van der Waals surface area contributed by atoms with Crippen LogP contribution < -0.4 is 0 Å². The standard InChI is InChI=1S/C17H26N2O4S/c1-18(15-6-10-24(21,22)11-7-15)17(20)14-4-2-8-19(12-14)13-16-5-3-9-23-16/h3,5,9,14-15H,2,4,6-8,10-13H2,1H3/t14-/m0/s1. The first kappa shape index (κ1) is 17.5. The molecule has 1 aromatic rings. The number of piperidine rings is 1. The van der Waals surface area contributed by atoms with Crippen LogP contribution in [0.25, 0.3) is 0 Å². The molecule has 2 fully saturated rings. The summed E-state index contributed by atoms with van der Waals surface area (Å²) in [6, 6.07) is 3.90. The first-order valence-corrected chi connectivity index (χ1v) is 10.5. The predicted octanol–water partition coefficient (Wildman–Crippen LogP) is 1.53. The van der Waals surface area contributed by atoms with Gasteiger partial charge in [0, 0.05) is 19.6 Å². The van der Waals surface area contributed by atoms with E-state index >= 15 is 0 Å². The summed E-state index contributed by atoms with van der Waals surface area (Å²) in [6.07, 6.45) is 4.71. The van der Waals surface area contributed by atoms with Gasteiger partial charge in [-0.15, -0.1) is 0 Å². The predicted molar refractivity (Wildman–Crippen MR) is 91.2 cm³/mol. The topological polar surface area (TPSA) is 70.8 Å². The van der Waals surface area contributed by atoms with E-state index in [1.165, 1.54) is 0 Å². The number of furan rings is 1. The number of hydrogen-bond donors (Lipinski definition) is 0. The highest BCUT2D eigenvalue weighted by Crippen LogP contribution is 2.24. The molecule has 6 nitrogen and oxygen atoms in total. The lowest BCUT2D eigenvalue weighted by molar-refractivity contribution is -0.138. The second-order valence-corrected chi connectivity index (χ2v) is 9.29. The van der Waals surface area contributed by atoms with Crippen molar-refractivity contribution >= 4 is 15.7 Å². The van der Waals surface area contributed by atoms with E-state index in [4.69, 9.17) is 4.42 Å². The fraction of sp³-hybridized carbons (Fsp3) is 0.706. The van der Waals surface area contributed by atoms with Crippen LogP contribution >= 0.6 is 0 Å². The van der Waals surface area contributed by atoms with Crippen LogP contribution in [0.1, 0.15) is 31.4 Å². The summed E-state index contributed by atoms with van der Waals surface area (Å²) in [5, 5.41) is 0. The summed E-state index contributed by atoms with van der Waals surface area (Å²) >= 11 is 0. The van der Waals surface area contributed by atoms with Crippen molar-refractivity contribution in [2.45, 2.75) is 38.3 Å². The van der Waals surface area contributed by atoms with Gasteiger partial charge in [-0.1, -0.05) is 0 Å². The summed E-state index contributed by atoms with van der Waals surface area (Å²) in [5.74, 6) is 1.48. The molecule has 0 aliphatic carbocycles. The summed E-state index contributed by atoms with van der Waals surface area (Å²) in [5.41, 5.74) is 0. The Morgan fingerprint density at radius 3 is 2.75 bits per heavy atom. The van der Waals surface area contributed by atoms with Gasteiger partial charge in [-0.2, -0.15) is 0 Å². The number of nitrogens with zero attached hydrogens (tertiary/aromatic N) is 2. The van der Waals surface area contributed by atoms with Crippen LogP contribution in [0.15, 0.2) is 22.8 Å². The first-order chi connectivity index (χ1) is 11.4. The van der Waals surface area contributed by atoms with Gasteiger partial charge in [-0.05, 0) is 44.4 Å². The Labute approximate surface area is 143 Å². The number of carbonyl (C=O) groups excluding carboxylic acids is 1. The molecule has 1 amide bonds. The average molecular weight is 354 g/mol. The fourth-order valence-corrected chi connectivity index (χ4v) is 5.22. The summed E-state index contributed by atoms with van der Waals surface area (Å²) in [4.78, 5) is 16.9. The summed E-state index contributed by atoms with van der Waals surface area (Å²) in [7, 11) is -1.06. The van der Waals surface area contributed by atoms with Crippen molar-refractivity contribution in [3.8, 4) is 0 Å². The third kappa shape index (κ3) is 4.19. The van der Waals surface area contributed by atoms with Gasteiger partial charge in [0.25, 0.3) is 0 Å². The SMILES string of the molecule is CN(C(=O)[C@H]1CCCN(Cc2ccco2)C1)C1CCS(=O)(=O)CC1. The second kappa shape index (κ2) is 7.27. The molecule has 3 rings (SSSR count). The Morgan fingerprint density at radius 2 is 2.08 bits per heavy atom. The molecule has 3 heterocycles. The maximum atomic E-state index is 12.8. The van der Waals surface area contributed by atoms with Gasteiger partial charge < -0.3 is 9.32 Å². The lowest BCUT2D eigenvalue weighted by Crippen LogP contribution is -2.48. The zero-order valence-corrected chi connectivity index (χ0v) is 15.0. The van der Waals surface area contributed by atoms with E-state index in [1.807, 2.05) is 19.2 Å². The van der Waals surface area contributed by atoms with Gasteiger partial charge in [0.05, 0.1) is 30.2 Å². The van der Waals surface area contributed by atoms with Crippen molar-refractivity contribution in [1.29, 1.82) is 0 Å². The van der Waals surface area contributed by atoms with Crippen LogP contribution in [-0.2, 0) is 21.2 Å². The largest absolute Gasteiger partial charge is 0.468 e. The van der Waals surface area contributed by atoms with Crippen LogP contribution in [0, 0.1) is 5.92 Å². The first-order valence-electron chi connectivity index (χ1n) is 8.66.